The lowest BCUT2D eigenvalue weighted by molar-refractivity contribution is 0.864. The van der Waals surface area contributed by atoms with Gasteiger partial charge in [-0.2, -0.15) is 0 Å². The first-order valence-electron chi connectivity index (χ1n) is 6.92. The van der Waals surface area contributed by atoms with Gasteiger partial charge in [-0.25, -0.2) is 9.97 Å². The number of anilines is 1. The molecule has 0 amide bonds. The molecule has 0 bridgehead atoms. The molecule has 20 heavy (non-hydrogen) atoms. The van der Waals surface area contributed by atoms with Crippen LogP contribution in [-0.2, 0) is 6.42 Å². The van der Waals surface area contributed by atoms with Crippen LogP contribution in [0.15, 0.2) is 34.2 Å². The SMILES string of the molecule is CCc1nc(N)c(C)c(Sc2ccc(C(C)C)cc2)n1. The molecule has 1 heterocycles. The van der Waals surface area contributed by atoms with Gasteiger partial charge in [0, 0.05) is 16.9 Å². The fourth-order valence-electron chi connectivity index (χ4n) is 1.85. The first kappa shape index (κ1) is 14.9. The number of aromatic nitrogens is 2. The van der Waals surface area contributed by atoms with E-state index in [4.69, 9.17) is 5.73 Å². The van der Waals surface area contributed by atoms with Gasteiger partial charge >= 0.3 is 0 Å². The molecule has 1 aromatic carbocycles. The molecule has 0 saturated heterocycles. The third-order valence-electron chi connectivity index (χ3n) is 3.26. The van der Waals surface area contributed by atoms with E-state index in [1.165, 1.54) is 10.5 Å². The number of hydrogen-bond donors (Lipinski definition) is 1. The van der Waals surface area contributed by atoms with Crippen LogP contribution in [-0.4, -0.2) is 9.97 Å². The highest BCUT2D eigenvalue weighted by Crippen LogP contribution is 2.31. The van der Waals surface area contributed by atoms with Crippen LogP contribution < -0.4 is 5.73 Å². The minimum Gasteiger partial charge on any atom is -0.383 e. The van der Waals surface area contributed by atoms with Crippen LogP contribution in [0.3, 0.4) is 0 Å². The van der Waals surface area contributed by atoms with E-state index < -0.39 is 0 Å². The number of nitrogens with zero attached hydrogens (tertiary/aromatic N) is 2. The lowest BCUT2D eigenvalue weighted by Gasteiger charge is -2.10. The summed E-state index contributed by atoms with van der Waals surface area (Å²) in [7, 11) is 0. The summed E-state index contributed by atoms with van der Waals surface area (Å²) in [6, 6.07) is 8.63. The third kappa shape index (κ3) is 3.31. The zero-order valence-corrected chi connectivity index (χ0v) is 13.3. The van der Waals surface area contributed by atoms with Gasteiger partial charge in [-0.3, -0.25) is 0 Å². The highest BCUT2D eigenvalue weighted by molar-refractivity contribution is 7.99. The summed E-state index contributed by atoms with van der Waals surface area (Å²) < 4.78 is 0. The summed E-state index contributed by atoms with van der Waals surface area (Å²) >= 11 is 1.65. The van der Waals surface area contributed by atoms with Crippen LogP contribution in [0.1, 0.15) is 43.6 Å². The Kier molecular flexibility index (Phi) is 4.65. The molecule has 0 radical (unpaired) electrons. The fraction of sp³-hybridized carbons (Fsp3) is 0.375. The molecule has 4 heteroatoms. The van der Waals surface area contributed by atoms with Crippen molar-refractivity contribution in [1.82, 2.24) is 9.97 Å². The average molecular weight is 287 g/mol. The minimum absolute atomic E-state index is 0.553. The van der Waals surface area contributed by atoms with Gasteiger partial charge in [-0.05, 0) is 30.5 Å². The second-order valence-electron chi connectivity index (χ2n) is 5.13. The van der Waals surface area contributed by atoms with Crippen molar-refractivity contribution in [3.63, 3.8) is 0 Å². The number of benzene rings is 1. The van der Waals surface area contributed by atoms with Gasteiger partial charge in [-0.1, -0.05) is 44.7 Å². The highest BCUT2D eigenvalue weighted by Gasteiger charge is 2.09. The fourth-order valence-corrected chi connectivity index (χ4v) is 2.75. The molecule has 3 nitrogen and oxygen atoms in total. The summed E-state index contributed by atoms with van der Waals surface area (Å²) in [5.41, 5.74) is 8.26. The van der Waals surface area contributed by atoms with E-state index in [2.05, 4.69) is 48.1 Å². The van der Waals surface area contributed by atoms with Gasteiger partial charge in [0.15, 0.2) is 0 Å². The van der Waals surface area contributed by atoms with Crippen LogP contribution in [0.5, 0.6) is 0 Å². The normalized spacial score (nSPS) is 11.1. The molecule has 0 aliphatic rings. The van der Waals surface area contributed by atoms with Crippen molar-refractivity contribution in [1.29, 1.82) is 0 Å². The van der Waals surface area contributed by atoms with Crippen molar-refractivity contribution >= 4 is 17.6 Å². The van der Waals surface area contributed by atoms with E-state index in [9.17, 15) is 0 Å². The molecule has 1 aromatic heterocycles. The Morgan fingerprint density at radius 1 is 1.15 bits per heavy atom. The van der Waals surface area contributed by atoms with Crippen LogP contribution in [0.25, 0.3) is 0 Å². The van der Waals surface area contributed by atoms with E-state index in [0.29, 0.717) is 11.7 Å². The van der Waals surface area contributed by atoms with E-state index >= 15 is 0 Å². The number of nitrogen functional groups attached to an aromatic ring is 1. The Hall–Kier alpha value is -1.55. The Balaban J connectivity index is 2.27. The monoisotopic (exact) mass is 287 g/mol. The van der Waals surface area contributed by atoms with E-state index in [1.54, 1.807) is 11.8 Å². The molecular formula is C16H21N3S. The summed E-state index contributed by atoms with van der Waals surface area (Å²) in [6.45, 7) is 8.41. The predicted octanol–water partition coefficient (Wildman–Crippen LogP) is 4.20. The molecule has 2 aromatic rings. The summed E-state index contributed by atoms with van der Waals surface area (Å²) in [6.07, 6.45) is 0.796. The van der Waals surface area contributed by atoms with Crippen molar-refractivity contribution in [3.05, 3.63) is 41.2 Å². The van der Waals surface area contributed by atoms with Crippen molar-refractivity contribution in [2.45, 2.75) is 50.0 Å². The maximum Gasteiger partial charge on any atom is 0.131 e. The van der Waals surface area contributed by atoms with Crippen LogP contribution in [0.4, 0.5) is 5.82 Å². The second-order valence-corrected chi connectivity index (χ2v) is 6.20. The molecule has 0 atom stereocenters. The molecular weight excluding hydrogens is 266 g/mol. The summed E-state index contributed by atoms with van der Waals surface area (Å²) in [4.78, 5) is 10.0. The average Bonchev–Trinajstić information content (AvgIpc) is 2.44. The first-order chi connectivity index (χ1) is 9.51. The van der Waals surface area contributed by atoms with Gasteiger partial charge < -0.3 is 5.73 Å². The van der Waals surface area contributed by atoms with Crippen LogP contribution in [0, 0.1) is 6.92 Å². The maximum absolute atomic E-state index is 5.95. The number of rotatable bonds is 4. The second kappa shape index (κ2) is 6.27. The quantitative estimate of drug-likeness (QED) is 0.856. The third-order valence-corrected chi connectivity index (χ3v) is 4.36. The number of nitrogens with two attached hydrogens (primary N) is 1. The van der Waals surface area contributed by atoms with E-state index in [-0.39, 0.29) is 0 Å². The zero-order chi connectivity index (χ0) is 14.7. The van der Waals surface area contributed by atoms with Crippen molar-refractivity contribution in [2.75, 3.05) is 5.73 Å². The lowest BCUT2D eigenvalue weighted by Crippen LogP contribution is -2.03. The van der Waals surface area contributed by atoms with Crippen LogP contribution in [0.2, 0.25) is 0 Å². The molecule has 0 aliphatic carbocycles. The smallest absolute Gasteiger partial charge is 0.131 e. The Labute approximate surface area is 125 Å². The molecule has 2 N–H and O–H groups in total. The standard InChI is InChI=1S/C16H21N3S/c1-5-14-18-15(17)11(4)16(19-14)20-13-8-6-12(7-9-13)10(2)3/h6-10H,5H2,1-4H3,(H2,17,18,19). The Bertz CT molecular complexity index is 591. The highest BCUT2D eigenvalue weighted by atomic mass is 32.2. The van der Waals surface area contributed by atoms with Crippen molar-refractivity contribution in [3.8, 4) is 0 Å². The molecule has 0 spiro atoms. The topological polar surface area (TPSA) is 51.8 Å². The van der Waals surface area contributed by atoms with Crippen molar-refractivity contribution < 1.29 is 0 Å². The van der Waals surface area contributed by atoms with Gasteiger partial charge in [0.1, 0.15) is 16.7 Å². The first-order valence-corrected chi connectivity index (χ1v) is 7.73. The molecule has 0 unspecified atom stereocenters. The van der Waals surface area contributed by atoms with Gasteiger partial charge in [0.05, 0.1) is 0 Å². The molecule has 0 fully saturated rings. The molecule has 0 aliphatic heterocycles. The van der Waals surface area contributed by atoms with E-state index in [1.807, 2.05) is 13.8 Å². The Morgan fingerprint density at radius 2 is 1.80 bits per heavy atom. The minimum atomic E-state index is 0.553. The Morgan fingerprint density at radius 3 is 2.35 bits per heavy atom. The molecule has 2 rings (SSSR count). The zero-order valence-electron chi connectivity index (χ0n) is 12.5. The predicted molar refractivity (Wildman–Crippen MR) is 85.2 cm³/mol. The van der Waals surface area contributed by atoms with Crippen LogP contribution >= 0.6 is 11.8 Å². The lowest BCUT2D eigenvalue weighted by atomic mass is 10.0. The number of hydrogen-bond acceptors (Lipinski definition) is 4. The van der Waals surface area contributed by atoms with Gasteiger partial charge in [0.25, 0.3) is 0 Å². The number of aryl methyl sites for hydroxylation is 1. The summed E-state index contributed by atoms with van der Waals surface area (Å²) in [5.74, 6) is 1.93. The van der Waals surface area contributed by atoms with Gasteiger partial charge in [0.2, 0.25) is 0 Å². The maximum atomic E-state index is 5.95. The van der Waals surface area contributed by atoms with E-state index in [0.717, 1.165) is 22.8 Å². The molecule has 106 valence electrons. The summed E-state index contributed by atoms with van der Waals surface area (Å²) in [5, 5.41) is 0.951. The van der Waals surface area contributed by atoms with Crippen molar-refractivity contribution in [2.24, 2.45) is 0 Å². The van der Waals surface area contributed by atoms with Gasteiger partial charge in [-0.15, -0.1) is 0 Å². The molecule has 0 saturated carbocycles. The largest absolute Gasteiger partial charge is 0.383 e.